The van der Waals surface area contributed by atoms with Crippen molar-refractivity contribution in [1.29, 1.82) is 0 Å². The molecule has 0 spiro atoms. The van der Waals surface area contributed by atoms with Gasteiger partial charge in [-0.3, -0.25) is 0 Å². The quantitative estimate of drug-likeness (QED) is 0.835. The van der Waals surface area contributed by atoms with Crippen LogP contribution in [-0.4, -0.2) is 18.8 Å². The van der Waals surface area contributed by atoms with Gasteiger partial charge in [0.1, 0.15) is 5.75 Å². The van der Waals surface area contributed by atoms with Crippen LogP contribution in [0.15, 0.2) is 54.6 Å². The zero-order valence-electron chi connectivity index (χ0n) is 11.0. The van der Waals surface area contributed by atoms with Crippen molar-refractivity contribution in [2.45, 2.75) is 12.6 Å². The third-order valence-electron chi connectivity index (χ3n) is 3.10. The lowest BCUT2D eigenvalue weighted by Gasteiger charge is -2.17. The van der Waals surface area contributed by atoms with Crippen molar-refractivity contribution >= 4 is 0 Å². The predicted molar refractivity (Wildman–Crippen MR) is 76.1 cm³/mol. The van der Waals surface area contributed by atoms with Crippen molar-refractivity contribution in [2.24, 2.45) is 0 Å². The molecule has 0 aliphatic heterocycles. The summed E-state index contributed by atoms with van der Waals surface area (Å²) in [4.78, 5) is 0. The minimum atomic E-state index is -0.0638. The lowest BCUT2D eigenvalue weighted by atomic mass is 10.1. The van der Waals surface area contributed by atoms with Gasteiger partial charge in [-0.25, -0.2) is 0 Å². The third-order valence-corrected chi connectivity index (χ3v) is 3.10. The predicted octanol–water partition coefficient (Wildman–Crippen LogP) is 2.52. The fourth-order valence-corrected chi connectivity index (χ4v) is 1.96. The molecule has 2 rings (SSSR count). The standard InChI is InChI=1S/C16H19NO2/c1-19-15-9-7-14(8-10-15)16(12-18)17-11-13-5-3-2-4-6-13/h2-10,16-18H,11-12H2,1H3. The summed E-state index contributed by atoms with van der Waals surface area (Å²) in [5.41, 5.74) is 2.26. The number of benzene rings is 2. The van der Waals surface area contributed by atoms with Crippen molar-refractivity contribution in [1.82, 2.24) is 5.32 Å². The fraction of sp³-hybridized carbons (Fsp3) is 0.250. The highest BCUT2D eigenvalue weighted by Gasteiger charge is 2.09. The molecule has 0 aliphatic carbocycles. The summed E-state index contributed by atoms with van der Waals surface area (Å²) in [5, 5.41) is 12.8. The topological polar surface area (TPSA) is 41.5 Å². The number of methoxy groups -OCH3 is 1. The van der Waals surface area contributed by atoms with Crippen LogP contribution in [0.3, 0.4) is 0 Å². The van der Waals surface area contributed by atoms with Gasteiger partial charge in [-0.2, -0.15) is 0 Å². The van der Waals surface area contributed by atoms with E-state index >= 15 is 0 Å². The first-order chi connectivity index (χ1) is 9.33. The first-order valence-corrected chi connectivity index (χ1v) is 6.35. The van der Waals surface area contributed by atoms with Crippen LogP contribution in [0, 0.1) is 0 Å². The summed E-state index contributed by atoms with van der Waals surface area (Å²) in [6.45, 7) is 0.803. The number of hydrogen-bond acceptors (Lipinski definition) is 3. The largest absolute Gasteiger partial charge is 0.497 e. The average Bonchev–Trinajstić information content (AvgIpc) is 2.49. The molecule has 2 N–H and O–H groups in total. The number of nitrogens with one attached hydrogen (secondary N) is 1. The molecule has 0 aliphatic rings. The number of aliphatic hydroxyl groups is 1. The molecule has 100 valence electrons. The molecule has 0 radical (unpaired) electrons. The second-order valence-electron chi connectivity index (χ2n) is 4.37. The smallest absolute Gasteiger partial charge is 0.118 e. The molecule has 0 aromatic heterocycles. The Morgan fingerprint density at radius 3 is 2.32 bits per heavy atom. The minimum Gasteiger partial charge on any atom is -0.497 e. The van der Waals surface area contributed by atoms with Crippen LogP contribution >= 0.6 is 0 Å². The van der Waals surface area contributed by atoms with E-state index in [9.17, 15) is 5.11 Å². The highest BCUT2D eigenvalue weighted by Crippen LogP contribution is 2.17. The summed E-state index contributed by atoms with van der Waals surface area (Å²) in [5.74, 6) is 0.823. The summed E-state index contributed by atoms with van der Waals surface area (Å²) in [6, 6.07) is 17.8. The molecular weight excluding hydrogens is 238 g/mol. The van der Waals surface area contributed by atoms with E-state index in [0.717, 1.165) is 17.9 Å². The molecule has 0 heterocycles. The SMILES string of the molecule is COc1ccc(C(CO)NCc2ccccc2)cc1. The molecule has 0 fully saturated rings. The Bertz CT molecular complexity index is 482. The summed E-state index contributed by atoms with van der Waals surface area (Å²) in [7, 11) is 1.65. The van der Waals surface area contributed by atoms with Gasteiger partial charge >= 0.3 is 0 Å². The molecule has 3 nitrogen and oxygen atoms in total. The van der Waals surface area contributed by atoms with E-state index in [1.807, 2.05) is 42.5 Å². The zero-order chi connectivity index (χ0) is 13.5. The van der Waals surface area contributed by atoms with E-state index in [1.165, 1.54) is 5.56 Å². The van der Waals surface area contributed by atoms with Crippen molar-refractivity contribution in [3.63, 3.8) is 0 Å². The molecule has 0 bridgehead atoms. The first-order valence-electron chi connectivity index (χ1n) is 6.35. The lowest BCUT2D eigenvalue weighted by Crippen LogP contribution is -2.23. The molecule has 19 heavy (non-hydrogen) atoms. The monoisotopic (exact) mass is 257 g/mol. The second kappa shape index (κ2) is 6.92. The molecule has 0 saturated carbocycles. The van der Waals surface area contributed by atoms with Crippen molar-refractivity contribution < 1.29 is 9.84 Å². The Balaban J connectivity index is 1.99. The zero-order valence-corrected chi connectivity index (χ0v) is 11.0. The van der Waals surface area contributed by atoms with Gasteiger partial charge in [0, 0.05) is 6.54 Å². The number of hydrogen-bond donors (Lipinski definition) is 2. The molecule has 1 atom stereocenters. The summed E-state index contributed by atoms with van der Waals surface area (Å²) in [6.07, 6.45) is 0. The van der Waals surface area contributed by atoms with Crippen LogP contribution in [0.5, 0.6) is 5.75 Å². The van der Waals surface area contributed by atoms with Crippen LogP contribution in [-0.2, 0) is 6.54 Å². The molecule has 2 aromatic carbocycles. The van der Waals surface area contributed by atoms with Crippen LogP contribution < -0.4 is 10.1 Å². The molecule has 3 heteroatoms. The van der Waals surface area contributed by atoms with Crippen LogP contribution in [0.4, 0.5) is 0 Å². The highest BCUT2D eigenvalue weighted by molar-refractivity contribution is 5.29. The third kappa shape index (κ3) is 3.81. The van der Waals surface area contributed by atoms with Gasteiger partial charge in [-0.05, 0) is 23.3 Å². The number of aliphatic hydroxyl groups excluding tert-OH is 1. The molecular formula is C16H19NO2. The molecule has 0 saturated heterocycles. The van der Waals surface area contributed by atoms with E-state index in [1.54, 1.807) is 7.11 Å². The van der Waals surface area contributed by atoms with Gasteiger partial charge in [0.05, 0.1) is 19.8 Å². The van der Waals surface area contributed by atoms with Gasteiger partial charge in [0.15, 0.2) is 0 Å². The maximum absolute atomic E-state index is 9.49. The fourth-order valence-electron chi connectivity index (χ4n) is 1.96. The normalized spacial score (nSPS) is 12.1. The molecule has 2 aromatic rings. The van der Waals surface area contributed by atoms with E-state index < -0.39 is 0 Å². The Kier molecular flexibility index (Phi) is 4.95. The molecule has 0 amide bonds. The van der Waals surface area contributed by atoms with Gasteiger partial charge in [-0.1, -0.05) is 42.5 Å². The average molecular weight is 257 g/mol. The highest BCUT2D eigenvalue weighted by atomic mass is 16.5. The van der Waals surface area contributed by atoms with Crippen molar-refractivity contribution in [3.05, 3.63) is 65.7 Å². The van der Waals surface area contributed by atoms with Gasteiger partial charge in [0.2, 0.25) is 0 Å². The Labute approximate surface area is 113 Å². The number of ether oxygens (including phenoxy) is 1. The summed E-state index contributed by atoms with van der Waals surface area (Å²) < 4.78 is 5.13. The van der Waals surface area contributed by atoms with Gasteiger partial charge in [-0.15, -0.1) is 0 Å². The molecule has 1 unspecified atom stereocenters. The lowest BCUT2D eigenvalue weighted by molar-refractivity contribution is 0.243. The summed E-state index contributed by atoms with van der Waals surface area (Å²) >= 11 is 0. The Morgan fingerprint density at radius 1 is 1.05 bits per heavy atom. The number of rotatable bonds is 6. The van der Waals surface area contributed by atoms with Crippen molar-refractivity contribution in [3.8, 4) is 5.75 Å². The van der Waals surface area contributed by atoms with Crippen molar-refractivity contribution in [2.75, 3.05) is 13.7 Å². The Morgan fingerprint density at radius 2 is 1.74 bits per heavy atom. The van der Waals surface area contributed by atoms with E-state index in [2.05, 4.69) is 17.4 Å². The maximum atomic E-state index is 9.49. The van der Waals surface area contributed by atoms with Gasteiger partial charge < -0.3 is 15.2 Å². The van der Waals surface area contributed by atoms with E-state index in [-0.39, 0.29) is 12.6 Å². The van der Waals surface area contributed by atoms with Crippen LogP contribution in [0.1, 0.15) is 17.2 Å². The van der Waals surface area contributed by atoms with Crippen LogP contribution in [0.25, 0.3) is 0 Å². The second-order valence-corrected chi connectivity index (χ2v) is 4.37. The van der Waals surface area contributed by atoms with E-state index in [4.69, 9.17) is 4.74 Å². The maximum Gasteiger partial charge on any atom is 0.118 e. The first kappa shape index (κ1) is 13.6. The van der Waals surface area contributed by atoms with Gasteiger partial charge in [0.25, 0.3) is 0 Å². The minimum absolute atomic E-state index is 0.0638. The van der Waals surface area contributed by atoms with E-state index in [0.29, 0.717) is 0 Å². The Hall–Kier alpha value is -1.84. The van der Waals surface area contributed by atoms with Crippen LogP contribution in [0.2, 0.25) is 0 Å².